The summed E-state index contributed by atoms with van der Waals surface area (Å²) in [4.78, 5) is 32.3. The quantitative estimate of drug-likeness (QED) is 0.435. The molecule has 10 heteroatoms. The lowest BCUT2D eigenvalue weighted by molar-refractivity contribution is -0.127. The van der Waals surface area contributed by atoms with Crippen molar-refractivity contribution < 1.29 is 23.1 Å². The summed E-state index contributed by atoms with van der Waals surface area (Å²) in [6.07, 6.45) is 5.94. The van der Waals surface area contributed by atoms with Crippen LogP contribution in [0.5, 0.6) is 5.75 Å². The van der Waals surface area contributed by atoms with E-state index in [4.69, 9.17) is 4.74 Å². The number of anilines is 2. The number of fused-ring (bicyclic) bond motifs is 1. The highest BCUT2D eigenvalue weighted by molar-refractivity contribution is 6.06. The van der Waals surface area contributed by atoms with Gasteiger partial charge in [-0.25, -0.2) is 8.78 Å². The van der Waals surface area contributed by atoms with Crippen LogP contribution in [0.3, 0.4) is 0 Å². The molecule has 2 aliphatic heterocycles. The number of H-pyrrole nitrogens is 1. The summed E-state index contributed by atoms with van der Waals surface area (Å²) in [6, 6.07) is 6.65. The van der Waals surface area contributed by atoms with Crippen molar-refractivity contribution in [3.8, 4) is 17.0 Å². The first-order valence-corrected chi connectivity index (χ1v) is 12.0. The topological polar surface area (TPSA) is 99.3 Å². The molecular weight excluding hydrogens is 480 g/mol. The van der Waals surface area contributed by atoms with Crippen LogP contribution in [0.1, 0.15) is 34.5 Å². The molecule has 194 valence electrons. The summed E-state index contributed by atoms with van der Waals surface area (Å²) in [5.74, 6) is -1.28. The van der Waals surface area contributed by atoms with Crippen molar-refractivity contribution >= 4 is 23.2 Å². The number of hydrogen-bond acceptors (Lipinski definition) is 5. The Balaban J connectivity index is 0.000000270. The van der Waals surface area contributed by atoms with Crippen molar-refractivity contribution in [1.82, 2.24) is 20.2 Å². The van der Waals surface area contributed by atoms with Gasteiger partial charge in [-0.3, -0.25) is 14.6 Å². The van der Waals surface area contributed by atoms with E-state index >= 15 is 0 Å². The average Bonchev–Trinajstić information content (AvgIpc) is 3.56. The van der Waals surface area contributed by atoms with Crippen LogP contribution in [0, 0.1) is 12.7 Å². The summed E-state index contributed by atoms with van der Waals surface area (Å²) in [7, 11) is 1.57. The van der Waals surface area contributed by atoms with Crippen LogP contribution in [0.25, 0.3) is 11.3 Å². The largest absolute Gasteiger partial charge is 0.494 e. The number of aromatic amines is 1. The predicted octanol–water partition coefficient (Wildman–Crippen LogP) is 4.65. The number of nitrogens with one attached hydrogen (secondary N) is 3. The van der Waals surface area contributed by atoms with Gasteiger partial charge in [0.25, 0.3) is 11.8 Å². The third-order valence-corrected chi connectivity index (χ3v) is 6.39. The number of carbonyl (C=O) groups is 2. The Kier molecular flexibility index (Phi) is 7.86. The zero-order valence-electron chi connectivity index (χ0n) is 20.8. The number of carbonyl (C=O) groups excluding carboxylic acids is 2. The first kappa shape index (κ1) is 25.9. The minimum atomic E-state index is -0.845. The molecule has 0 saturated carbocycles. The van der Waals surface area contributed by atoms with E-state index in [9.17, 15) is 18.4 Å². The molecule has 8 nitrogen and oxygen atoms in total. The number of aromatic nitrogens is 2. The lowest BCUT2D eigenvalue weighted by atomic mass is 10.0. The molecule has 0 spiro atoms. The summed E-state index contributed by atoms with van der Waals surface area (Å²) in [5, 5.41) is 6.13. The van der Waals surface area contributed by atoms with Crippen LogP contribution in [-0.4, -0.2) is 53.4 Å². The normalized spacial score (nSPS) is 14.3. The van der Waals surface area contributed by atoms with Gasteiger partial charge >= 0.3 is 0 Å². The van der Waals surface area contributed by atoms with Crippen molar-refractivity contribution in [3.05, 3.63) is 71.7 Å². The molecule has 3 aromatic rings. The minimum absolute atomic E-state index is 0.164. The summed E-state index contributed by atoms with van der Waals surface area (Å²) >= 11 is 0. The van der Waals surface area contributed by atoms with Gasteiger partial charge < -0.3 is 25.3 Å². The Bertz CT molecular complexity index is 1330. The summed E-state index contributed by atoms with van der Waals surface area (Å²) in [6.45, 7) is 6.57. The maximum Gasteiger partial charge on any atom is 0.281 e. The van der Waals surface area contributed by atoms with Gasteiger partial charge in [0.1, 0.15) is 11.6 Å². The number of hydrogen-bond donors (Lipinski definition) is 3. The number of amides is 2. The molecule has 5 rings (SSSR count). The molecular formula is C27H29F2N5O3. The Morgan fingerprint density at radius 2 is 2.00 bits per heavy atom. The molecule has 37 heavy (non-hydrogen) atoms. The average molecular weight is 510 g/mol. The highest BCUT2D eigenvalue weighted by Crippen LogP contribution is 2.40. The van der Waals surface area contributed by atoms with Crippen LogP contribution in [0.2, 0.25) is 0 Å². The number of halogens is 2. The smallest absolute Gasteiger partial charge is 0.281 e. The number of rotatable bonds is 5. The fraction of sp³-hybridized carbons (Fsp3) is 0.296. The van der Waals surface area contributed by atoms with Gasteiger partial charge in [0.05, 0.1) is 30.3 Å². The zero-order valence-corrected chi connectivity index (χ0v) is 20.8. The molecule has 0 atom stereocenters. The Hall–Kier alpha value is -4.21. The van der Waals surface area contributed by atoms with E-state index in [1.165, 1.54) is 11.0 Å². The second-order valence-corrected chi connectivity index (χ2v) is 8.75. The Labute approximate surface area is 213 Å². The van der Waals surface area contributed by atoms with E-state index in [1.54, 1.807) is 38.6 Å². The van der Waals surface area contributed by atoms with Crippen molar-refractivity contribution in [2.45, 2.75) is 26.2 Å². The number of benzene rings is 1. The molecule has 2 aliphatic rings. The van der Waals surface area contributed by atoms with Crippen LogP contribution in [-0.2, 0) is 11.2 Å². The zero-order chi connectivity index (χ0) is 26.5. The van der Waals surface area contributed by atoms with Crippen LogP contribution in [0.15, 0.2) is 49.1 Å². The first-order chi connectivity index (χ1) is 17.8. The molecule has 0 aliphatic carbocycles. The second kappa shape index (κ2) is 11.2. The highest BCUT2D eigenvalue weighted by atomic mass is 19.1. The second-order valence-electron chi connectivity index (χ2n) is 8.75. The number of pyridine rings is 1. The van der Waals surface area contributed by atoms with Crippen molar-refractivity contribution in [3.63, 3.8) is 0 Å². The SMILES string of the molecule is C=C(F)C(=O)N1CCCC1.COc1cnccc1-c1[nH]c2c(c1Nc1cccc(F)c1C)C(=O)NCC2. The van der Waals surface area contributed by atoms with E-state index in [2.05, 4.69) is 27.2 Å². The fourth-order valence-corrected chi connectivity index (χ4v) is 4.42. The van der Waals surface area contributed by atoms with E-state index in [0.717, 1.165) is 24.1 Å². The van der Waals surface area contributed by atoms with Gasteiger partial charge in [0.2, 0.25) is 0 Å². The standard InChI is InChI=1S/C20H19FN4O2.C7H10FNO/c1-11-13(21)4-3-5-14(11)24-19-17-15(7-9-23-20(17)26)25-18(19)12-6-8-22-10-16(12)27-2;1-6(8)7(10)9-4-2-3-5-9/h3-6,8,10,24-25H,7,9H2,1-2H3,(H,23,26);1-5H2. The van der Waals surface area contributed by atoms with Crippen molar-refractivity contribution in [2.75, 3.05) is 32.1 Å². The molecule has 1 saturated heterocycles. The van der Waals surface area contributed by atoms with E-state index in [0.29, 0.717) is 60.0 Å². The summed E-state index contributed by atoms with van der Waals surface area (Å²) in [5.41, 5.74) is 4.54. The lowest BCUT2D eigenvalue weighted by Gasteiger charge is -2.16. The number of nitrogens with zero attached hydrogens (tertiary/aromatic N) is 2. The Morgan fingerprint density at radius 1 is 1.24 bits per heavy atom. The monoisotopic (exact) mass is 509 g/mol. The fourth-order valence-electron chi connectivity index (χ4n) is 4.42. The first-order valence-electron chi connectivity index (χ1n) is 12.0. The van der Waals surface area contributed by atoms with Gasteiger partial charge in [-0.2, -0.15) is 0 Å². The van der Waals surface area contributed by atoms with E-state index < -0.39 is 11.7 Å². The molecule has 1 aromatic carbocycles. The van der Waals surface area contributed by atoms with Crippen LogP contribution < -0.4 is 15.4 Å². The van der Waals surface area contributed by atoms with Gasteiger partial charge in [-0.05, 0) is 38.0 Å². The molecule has 3 N–H and O–H groups in total. The molecule has 0 radical (unpaired) electrons. The molecule has 0 bridgehead atoms. The van der Waals surface area contributed by atoms with Crippen molar-refractivity contribution in [1.29, 1.82) is 0 Å². The lowest BCUT2D eigenvalue weighted by Crippen LogP contribution is -2.31. The third kappa shape index (κ3) is 5.47. The Morgan fingerprint density at radius 3 is 2.70 bits per heavy atom. The van der Waals surface area contributed by atoms with Crippen LogP contribution in [0.4, 0.5) is 20.2 Å². The highest BCUT2D eigenvalue weighted by Gasteiger charge is 2.28. The molecule has 4 heterocycles. The predicted molar refractivity (Wildman–Crippen MR) is 137 cm³/mol. The molecule has 0 unspecified atom stereocenters. The van der Waals surface area contributed by atoms with E-state index in [1.807, 2.05) is 6.07 Å². The van der Waals surface area contributed by atoms with Gasteiger partial charge in [0, 0.05) is 54.8 Å². The van der Waals surface area contributed by atoms with Crippen molar-refractivity contribution in [2.24, 2.45) is 0 Å². The number of ether oxygens (including phenoxy) is 1. The molecule has 2 amide bonds. The molecule has 1 fully saturated rings. The van der Waals surface area contributed by atoms with Crippen LogP contribution >= 0.6 is 0 Å². The maximum absolute atomic E-state index is 14.0. The third-order valence-electron chi connectivity index (χ3n) is 6.39. The van der Waals surface area contributed by atoms with Gasteiger partial charge in [-0.1, -0.05) is 12.6 Å². The minimum Gasteiger partial charge on any atom is -0.494 e. The number of methoxy groups -OCH3 is 1. The van der Waals surface area contributed by atoms with Gasteiger partial charge in [0.15, 0.2) is 5.83 Å². The van der Waals surface area contributed by atoms with Gasteiger partial charge in [-0.15, -0.1) is 0 Å². The molecule has 2 aromatic heterocycles. The van der Waals surface area contributed by atoms with E-state index in [-0.39, 0.29) is 11.7 Å². The maximum atomic E-state index is 14.0. The number of likely N-dealkylation sites (tertiary alicyclic amines) is 1. The summed E-state index contributed by atoms with van der Waals surface area (Å²) < 4.78 is 31.6.